The highest BCUT2D eigenvalue weighted by Gasteiger charge is 2.21. The number of hydrogen-bond acceptors (Lipinski definition) is 2. The van der Waals surface area contributed by atoms with Crippen LogP contribution in [0.5, 0.6) is 0 Å². The number of benzene rings is 2. The third kappa shape index (κ3) is 3.15. The lowest BCUT2D eigenvalue weighted by molar-refractivity contribution is -0.133. The standard InChI is InChI=1S/C18H18BrN3O/c1-13(22-12-20-16-9-5-6-10-17(16)22)18(23)21(2)11-14-7-3-4-8-15(14)19/h3-10,12-13H,11H2,1-2H3. The summed E-state index contributed by atoms with van der Waals surface area (Å²) in [6.45, 7) is 2.48. The van der Waals surface area contributed by atoms with Crippen LogP contribution in [-0.4, -0.2) is 27.4 Å². The molecule has 0 saturated carbocycles. The summed E-state index contributed by atoms with van der Waals surface area (Å²) in [4.78, 5) is 18.9. The van der Waals surface area contributed by atoms with E-state index in [0.717, 1.165) is 21.1 Å². The predicted octanol–water partition coefficient (Wildman–Crippen LogP) is 4.02. The first-order valence-corrected chi connectivity index (χ1v) is 8.27. The van der Waals surface area contributed by atoms with Crippen molar-refractivity contribution in [1.82, 2.24) is 14.5 Å². The van der Waals surface area contributed by atoms with Gasteiger partial charge in [0, 0.05) is 18.1 Å². The van der Waals surface area contributed by atoms with E-state index in [1.807, 2.05) is 67.1 Å². The number of imidazole rings is 1. The van der Waals surface area contributed by atoms with Crippen molar-refractivity contribution in [2.75, 3.05) is 7.05 Å². The number of carbonyl (C=O) groups excluding carboxylic acids is 1. The van der Waals surface area contributed by atoms with Gasteiger partial charge < -0.3 is 9.47 Å². The number of fused-ring (bicyclic) bond motifs is 1. The molecule has 0 N–H and O–H groups in total. The normalized spacial score (nSPS) is 12.3. The van der Waals surface area contributed by atoms with Crippen molar-refractivity contribution < 1.29 is 4.79 Å². The van der Waals surface area contributed by atoms with Gasteiger partial charge in [-0.2, -0.15) is 0 Å². The van der Waals surface area contributed by atoms with Gasteiger partial charge in [0.25, 0.3) is 0 Å². The van der Waals surface area contributed by atoms with Gasteiger partial charge in [-0.3, -0.25) is 4.79 Å². The minimum absolute atomic E-state index is 0.0592. The summed E-state index contributed by atoms with van der Waals surface area (Å²) in [5.74, 6) is 0.0592. The molecule has 1 atom stereocenters. The molecular weight excluding hydrogens is 354 g/mol. The van der Waals surface area contributed by atoms with Gasteiger partial charge in [0.05, 0.1) is 17.4 Å². The molecule has 0 radical (unpaired) electrons. The molecule has 23 heavy (non-hydrogen) atoms. The van der Waals surface area contributed by atoms with Gasteiger partial charge in [0.15, 0.2) is 0 Å². The highest BCUT2D eigenvalue weighted by atomic mass is 79.9. The molecule has 1 amide bonds. The minimum atomic E-state index is -0.296. The van der Waals surface area contributed by atoms with Crippen molar-refractivity contribution in [3.63, 3.8) is 0 Å². The molecule has 3 aromatic rings. The van der Waals surface area contributed by atoms with Crippen LogP contribution >= 0.6 is 15.9 Å². The summed E-state index contributed by atoms with van der Waals surface area (Å²) in [5.41, 5.74) is 2.97. The summed E-state index contributed by atoms with van der Waals surface area (Å²) in [5, 5.41) is 0. The number of para-hydroxylation sites is 2. The Kier molecular flexibility index (Phi) is 4.48. The van der Waals surface area contributed by atoms with Gasteiger partial charge in [0.2, 0.25) is 5.91 Å². The Bertz CT molecular complexity index is 843. The molecule has 0 saturated heterocycles. The van der Waals surface area contributed by atoms with Gasteiger partial charge in [-0.25, -0.2) is 4.98 Å². The third-order valence-corrected chi connectivity index (χ3v) is 4.77. The predicted molar refractivity (Wildman–Crippen MR) is 95.1 cm³/mol. The van der Waals surface area contributed by atoms with E-state index in [9.17, 15) is 4.79 Å². The number of halogens is 1. The molecule has 1 heterocycles. The largest absolute Gasteiger partial charge is 0.340 e. The topological polar surface area (TPSA) is 38.1 Å². The van der Waals surface area contributed by atoms with E-state index in [1.54, 1.807) is 11.2 Å². The first kappa shape index (κ1) is 15.7. The van der Waals surface area contributed by atoms with Gasteiger partial charge in [-0.1, -0.05) is 46.3 Å². The van der Waals surface area contributed by atoms with E-state index in [-0.39, 0.29) is 11.9 Å². The van der Waals surface area contributed by atoms with Crippen LogP contribution in [-0.2, 0) is 11.3 Å². The van der Waals surface area contributed by atoms with Crippen molar-refractivity contribution in [3.8, 4) is 0 Å². The van der Waals surface area contributed by atoms with E-state index in [0.29, 0.717) is 6.54 Å². The molecular formula is C18H18BrN3O. The van der Waals surface area contributed by atoms with Crippen molar-refractivity contribution in [1.29, 1.82) is 0 Å². The van der Waals surface area contributed by atoms with Crippen molar-refractivity contribution in [3.05, 3.63) is 64.9 Å². The Morgan fingerprint density at radius 1 is 1.22 bits per heavy atom. The Morgan fingerprint density at radius 2 is 1.91 bits per heavy atom. The quantitative estimate of drug-likeness (QED) is 0.694. The van der Waals surface area contributed by atoms with E-state index < -0.39 is 0 Å². The molecule has 3 rings (SSSR count). The van der Waals surface area contributed by atoms with Crippen molar-refractivity contribution >= 4 is 32.9 Å². The van der Waals surface area contributed by atoms with E-state index in [1.165, 1.54) is 0 Å². The lowest BCUT2D eigenvalue weighted by Gasteiger charge is -2.23. The maximum atomic E-state index is 12.8. The van der Waals surface area contributed by atoms with Crippen molar-refractivity contribution in [2.45, 2.75) is 19.5 Å². The number of likely N-dealkylation sites (N-methyl/N-ethyl adjacent to an activating group) is 1. The molecule has 118 valence electrons. The number of hydrogen-bond donors (Lipinski definition) is 0. The highest BCUT2D eigenvalue weighted by molar-refractivity contribution is 9.10. The first-order chi connectivity index (χ1) is 11.1. The number of amides is 1. The average Bonchev–Trinajstić information content (AvgIpc) is 2.99. The Balaban J connectivity index is 1.80. The zero-order chi connectivity index (χ0) is 16.4. The summed E-state index contributed by atoms with van der Waals surface area (Å²) in [7, 11) is 1.83. The van der Waals surface area contributed by atoms with Crippen LogP contribution in [0, 0.1) is 0 Å². The van der Waals surface area contributed by atoms with Crippen LogP contribution < -0.4 is 0 Å². The molecule has 0 aliphatic rings. The van der Waals surface area contributed by atoms with Crippen LogP contribution in [0.15, 0.2) is 59.3 Å². The van der Waals surface area contributed by atoms with Crippen LogP contribution in [0.25, 0.3) is 11.0 Å². The zero-order valence-electron chi connectivity index (χ0n) is 13.1. The second-order valence-electron chi connectivity index (χ2n) is 5.60. The molecule has 1 unspecified atom stereocenters. The second kappa shape index (κ2) is 6.54. The average molecular weight is 372 g/mol. The van der Waals surface area contributed by atoms with Gasteiger partial charge in [-0.15, -0.1) is 0 Å². The lowest BCUT2D eigenvalue weighted by Crippen LogP contribution is -2.32. The zero-order valence-corrected chi connectivity index (χ0v) is 14.7. The fourth-order valence-electron chi connectivity index (χ4n) is 2.68. The Labute approximate surface area is 143 Å². The molecule has 1 aromatic heterocycles. The Hall–Kier alpha value is -2.14. The molecule has 2 aromatic carbocycles. The van der Waals surface area contributed by atoms with E-state index >= 15 is 0 Å². The summed E-state index contributed by atoms with van der Waals surface area (Å²) < 4.78 is 2.94. The maximum absolute atomic E-state index is 12.8. The first-order valence-electron chi connectivity index (χ1n) is 7.48. The van der Waals surface area contributed by atoms with Crippen LogP contribution in [0.4, 0.5) is 0 Å². The molecule has 5 heteroatoms. The molecule has 0 spiro atoms. The van der Waals surface area contributed by atoms with Gasteiger partial charge in [0.1, 0.15) is 6.04 Å². The third-order valence-electron chi connectivity index (χ3n) is 4.00. The molecule has 0 fully saturated rings. The molecule has 4 nitrogen and oxygen atoms in total. The van der Waals surface area contributed by atoms with E-state index in [2.05, 4.69) is 20.9 Å². The fraction of sp³-hybridized carbons (Fsp3) is 0.222. The van der Waals surface area contributed by atoms with Crippen LogP contribution in [0.1, 0.15) is 18.5 Å². The van der Waals surface area contributed by atoms with Crippen LogP contribution in [0.3, 0.4) is 0 Å². The smallest absolute Gasteiger partial charge is 0.245 e. The number of nitrogens with zero attached hydrogens (tertiary/aromatic N) is 3. The summed E-state index contributed by atoms with van der Waals surface area (Å²) in [6.07, 6.45) is 1.74. The second-order valence-corrected chi connectivity index (χ2v) is 6.46. The van der Waals surface area contributed by atoms with Gasteiger partial charge in [-0.05, 0) is 30.7 Å². The fourth-order valence-corrected chi connectivity index (χ4v) is 3.10. The highest BCUT2D eigenvalue weighted by Crippen LogP contribution is 2.21. The summed E-state index contributed by atoms with van der Waals surface area (Å²) >= 11 is 3.53. The van der Waals surface area contributed by atoms with Gasteiger partial charge >= 0.3 is 0 Å². The number of carbonyl (C=O) groups is 1. The maximum Gasteiger partial charge on any atom is 0.245 e. The summed E-state index contributed by atoms with van der Waals surface area (Å²) in [6, 6.07) is 15.5. The monoisotopic (exact) mass is 371 g/mol. The SMILES string of the molecule is CC(C(=O)N(C)Cc1ccccc1Br)n1cnc2ccccc21. The lowest BCUT2D eigenvalue weighted by atomic mass is 10.2. The molecule has 0 aliphatic heterocycles. The van der Waals surface area contributed by atoms with Crippen molar-refractivity contribution in [2.24, 2.45) is 0 Å². The number of aromatic nitrogens is 2. The van der Waals surface area contributed by atoms with Crippen LogP contribution in [0.2, 0.25) is 0 Å². The molecule has 0 bridgehead atoms. The Morgan fingerprint density at radius 3 is 2.70 bits per heavy atom. The minimum Gasteiger partial charge on any atom is -0.340 e. The number of rotatable bonds is 4. The van der Waals surface area contributed by atoms with E-state index in [4.69, 9.17) is 0 Å². The molecule has 0 aliphatic carbocycles.